The van der Waals surface area contributed by atoms with Crippen LogP contribution in [-0.2, 0) is 9.05 Å². The summed E-state index contributed by atoms with van der Waals surface area (Å²) in [4.78, 5) is 0. The van der Waals surface area contributed by atoms with Crippen LogP contribution < -0.4 is 5.32 Å². The molecule has 0 aliphatic carbocycles. The number of nitrogens with one attached hydrogen (secondary N) is 1. The number of aliphatic hydroxyl groups excluding tert-OH is 1. The topological polar surface area (TPSA) is 50.7 Å². The van der Waals surface area contributed by atoms with Crippen molar-refractivity contribution in [3.05, 3.63) is 11.9 Å². The first-order valence-electron chi connectivity index (χ1n) is 5.78. The SMILES string of the molecule is CCOP(/C=C/CC(O)CCNC)OCC. The Morgan fingerprint density at radius 3 is 2.44 bits per heavy atom. The Morgan fingerprint density at radius 1 is 1.31 bits per heavy atom. The minimum absolute atomic E-state index is 0.288. The maximum Gasteiger partial charge on any atom is 0.196 e. The molecule has 1 atom stereocenters. The Kier molecular flexibility index (Phi) is 11.5. The smallest absolute Gasteiger partial charge is 0.196 e. The lowest BCUT2D eigenvalue weighted by Crippen LogP contribution is -2.15. The Morgan fingerprint density at radius 2 is 1.94 bits per heavy atom. The Balaban J connectivity index is 3.75. The van der Waals surface area contributed by atoms with Crippen molar-refractivity contribution < 1.29 is 14.2 Å². The predicted molar refractivity (Wildman–Crippen MR) is 68.5 cm³/mol. The van der Waals surface area contributed by atoms with Crippen molar-refractivity contribution in [1.82, 2.24) is 5.32 Å². The van der Waals surface area contributed by atoms with E-state index in [1.54, 1.807) is 0 Å². The number of aliphatic hydroxyl groups is 1. The highest BCUT2D eigenvalue weighted by atomic mass is 31.2. The Hall–Kier alpha value is 0.0100. The largest absolute Gasteiger partial charge is 0.393 e. The summed E-state index contributed by atoms with van der Waals surface area (Å²) in [7, 11) is 0.969. The van der Waals surface area contributed by atoms with Gasteiger partial charge in [-0.2, -0.15) is 0 Å². The third-order valence-corrected chi connectivity index (χ3v) is 3.36. The van der Waals surface area contributed by atoms with Crippen LogP contribution in [0.3, 0.4) is 0 Å². The fourth-order valence-corrected chi connectivity index (χ4v) is 2.16. The summed E-state index contributed by atoms with van der Waals surface area (Å²) in [5, 5.41) is 12.6. The molecule has 5 heteroatoms. The summed E-state index contributed by atoms with van der Waals surface area (Å²) in [6.07, 6.45) is 3.07. The van der Waals surface area contributed by atoms with Crippen LogP contribution in [0, 0.1) is 0 Å². The van der Waals surface area contributed by atoms with Gasteiger partial charge in [0.15, 0.2) is 8.38 Å². The van der Waals surface area contributed by atoms with E-state index < -0.39 is 8.38 Å². The van der Waals surface area contributed by atoms with Gasteiger partial charge in [0.05, 0.1) is 19.3 Å². The molecule has 0 aliphatic heterocycles. The van der Waals surface area contributed by atoms with E-state index in [1.807, 2.05) is 32.8 Å². The molecular weight excluding hydrogens is 225 g/mol. The minimum Gasteiger partial charge on any atom is -0.393 e. The molecule has 16 heavy (non-hydrogen) atoms. The number of rotatable bonds is 10. The molecule has 4 nitrogen and oxygen atoms in total. The molecule has 1 unspecified atom stereocenters. The van der Waals surface area contributed by atoms with Crippen molar-refractivity contribution >= 4 is 8.38 Å². The highest BCUT2D eigenvalue weighted by Crippen LogP contribution is 2.39. The lowest BCUT2D eigenvalue weighted by atomic mass is 10.2. The molecule has 0 bridgehead atoms. The van der Waals surface area contributed by atoms with Crippen molar-refractivity contribution in [2.75, 3.05) is 26.8 Å². The zero-order valence-electron chi connectivity index (χ0n) is 10.5. The van der Waals surface area contributed by atoms with Crippen molar-refractivity contribution in [3.63, 3.8) is 0 Å². The fourth-order valence-electron chi connectivity index (χ4n) is 1.11. The van der Waals surface area contributed by atoms with Crippen molar-refractivity contribution in [2.45, 2.75) is 32.8 Å². The molecular formula is C11H24NO3P. The van der Waals surface area contributed by atoms with E-state index >= 15 is 0 Å². The summed E-state index contributed by atoms with van der Waals surface area (Å²) >= 11 is 0. The predicted octanol–water partition coefficient (Wildman–Crippen LogP) is 2.25. The van der Waals surface area contributed by atoms with Gasteiger partial charge >= 0.3 is 0 Å². The first kappa shape index (κ1) is 16.0. The second-order valence-corrected chi connectivity index (χ2v) is 4.67. The highest BCUT2D eigenvalue weighted by molar-refractivity contribution is 7.50. The molecule has 0 aromatic heterocycles. The van der Waals surface area contributed by atoms with E-state index in [4.69, 9.17) is 9.05 Å². The van der Waals surface area contributed by atoms with Gasteiger partial charge in [-0.15, -0.1) is 0 Å². The average molecular weight is 249 g/mol. The van der Waals surface area contributed by atoms with Crippen LogP contribution in [0.4, 0.5) is 0 Å². The molecule has 0 heterocycles. The molecule has 0 amide bonds. The van der Waals surface area contributed by atoms with Crippen LogP contribution in [0.25, 0.3) is 0 Å². The lowest BCUT2D eigenvalue weighted by Gasteiger charge is -2.11. The van der Waals surface area contributed by atoms with E-state index in [1.165, 1.54) is 0 Å². The van der Waals surface area contributed by atoms with Crippen LogP contribution in [0.5, 0.6) is 0 Å². The molecule has 0 aromatic rings. The number of hydrogen-bond donors (Lipinski definition) is 2. The van der Waals surface area contributed by atoms with Crippen molar-refractivity contribution in [2.24, 2.45) is 0 Å². The molecule has 0 radical (unpaired) electrons. The zero-order chi connectivity index (χ0) is 12.2. The van der Waals surface area contributed by atoms with Gasteiger partial charge in [-0.1, -0.05) is 6.08 Å². The average Bonchev–Trinajstić information content (AvgIpc) is 2.27. The summed E-state index contributed by atoms with van der Waals surface area (Å²) in [6, 6.07) is 0. The van der Waals surface area contributed by atoms with Crippen molar-refractivity contribution in [3.8, 4) is 0 Å². The molecule has 0 spiro atoms. The monoisotopic (exact) mass is 249 g/mol. The molecule has 2 N–H and O–H groups in total. The van der Waals surface area contributed by atoms with E-state index in [0.29, 0.717) is 19.6 Å². The van der Waals surface area contributed by atoms with Gasteiger partial charge in [-0.25, -0.2) is 0 Å². The second-order valence-electron chi connectivity index (χ2n) is 3.29. The molecule has 0 saturated carbocycles. The third kappa shape index (κ3) is 9.25. The van der Waals surface area contributed by atoms with Crippen LogP contribution in [0.1, 0.15) is 26.7 Å². The summed E-state index contributed by atoms with van der Waals surface area (Å²) < 4.78 is 10.8. The maximum absolute atomic E-state index is 9.59. The zero-order valence-corrected chi connectivity index (χ0v) is 11.4. The van der Waals surface area contributed by atoms with Gasteiger partial charge in [0.2, 0.25) is 0 Å². The minimum atomic E-state index is -0.912. The highest BCUT2D eigenvalue weighted by Gasteiger charge is 2.04. The molecule has 0 aromatic carbocycles. The first-order chi connectivity index (χ1) is 7.74. The third-order valence-electron chi connectivity index (χ3n) is 1.88. The van der Waals surface area contributed by atoms with Gasteiger partial charge in [0.1, 0.15) is 0 Å². The first-order valence-corrected chi connectivity index (χ1v) is 7.03. The molecule has 0 rings (SSSR count). The standard InChI is InChI=1S/C11H24NO3P/c1-4-14-16(15-5-2)10-6-7-11(13)8-9-12-3/h6,10-13H,4-5,7-9H2,1-3H3/b10-6+. The van der Waals surface area contributed by atoms with Crippen LogP contribution >= 0.6 is 8.38 Å². The Bertz CT molecular complexity index is 173. The number of hydrogen-bond acceptors (Lipinski definition) is 4. The molecule has 0 saturated heterocycles. The van der Waals surface area contributed by atoms with Gasteiger partial charge in [0.25, 0.3) is 0 Å². The van der Waals surface area contributed by atoms with E-state index in [9.17, 15) is 5.11 Å². The van der Waals surface area contributed by atoms with Crippen LogP contribution in [-0.4, -0.2) is 38.0 Å². The van der Waals surface area contributed by atoms with Crippen LogP contribution in [0.15, 0.2) is 11.9 Å². The molecule has 0 aliphatic rings. The van der Waals surface area contributed by atoms with Gasteiger partial charge in [-0.05, 0) is 46.1 Å². The van der Waals surface area contributed by atoms with Gasteiger partial charge < -0.3 is 19.5 Å². The summed E-state index contributed by atoms with van der Waals surface area (Å²) in [6.45, 7) is 6.03. The second kappa shape index (κ2) is 11.5. The van der Waals surface area contributed by atoms with Gasteiger partial charge in [0, 0.05) is 0 Å². The normalized spacial score (nSPS) is 13.8. The fraction of sp³-hybridized carbons (Fsp3) is 0.818. The summed E-state index contributed by atoms with van der Waals surface area (Å²) in [5.74, 6) is 1.92. The van der Waals surface area contributed by atoms with E-state index in [0.717, 1.165) is 13.0 Å². The molecule has 96 valence electrons. The quantitative estimate of drug-likeness (QED) is 0.583. The maximum atomic E-state index is 9.59. The summed E-state index contributed by atoms with van der Waals surface area (Å²) in [5.41, 5.74) is 0. The van der Waals surface area contributed by atoms with Gasteiger partial charge in [-0.3, -0.25) is 0 Å². The lowest BCUT2D eigenvalue weighted by molar-refractivity contribution is 0.168. The Labute approximate surface area is 99.9 Å². The molecule has 0 fully saturated rings. The van der Waals surface area contributed by atoms with E-state index in [-0.39, 0.29) is 6.10 Å². The van der Waals surface area contributed by atoms with Crippen LogP contribution in [0.2, 0.25) is 0 Å². The van der Waals surface area contributed by atoms with Crippen molar-refractivity contribution in [1.29, 1.82) is 0 Å². The van der Waals surface area contributed by atoms with E-state index in [2.05, 4.69) is 5.32 Å².